The van der Waals surface area contributed by atoms with Crippen LogP contribution in [0.25, 0.3) is 0 Å². The molecule has 0 aliphatic heterocycles. The molecule has 2 N–H and O–H groups in total. The van der Waals surface area contributed by atoms with Gasteiger partial charge in [-0.2, -0.15) is 9.78 Å². The molecular formula is C14H13N3O3. The molecule has 0 fully saturated rings. The molecule has 0 aliphatic rings. The fourth-order valence-electron chi connectivity index (χ4n) is 1.51. The molecule has 0 saturated heterocycles. The molecule has 0 unspecified atom stereocenters. The van der Waals surface area contributed by atoms with Crippen LogP contribution < -0.4 is 15.2 Å². The number of nitrogens with zero attached hydrogens (tertiary/aromatic N) is 2. The standard InChI is InChI=1S/C14H13N3O3/c1-19-12-5-10(6-13(7-12)20-2)3-4-17-9-11(8-16-17)14(15)18/h5-9H,1-2H3,(H2,15,18). The van der Waals surface area contributed by atoms with E-state index in [1.165, 1.54) is 17.1 Å². The normalized spacial score (nSPS) is 9.50. The first-order chi connectivity index (χ1) is 9.62. The summed E-state index contributed by atoms with van der Waals surface area (Å²) in [6.45, 7) is 0. The van der Waals surface area contributed by atoms with Crippen LogP contribution in [0.1, 0.15) is 15.9 Å². The van der Waals surface area contributed by atoms with Crippen molar-refractivity contribution in [3.05, 3.63) is 41.7 Å². The summed E-state index contributed by atoms with van der Waals surface area (Å²) in [5, 5.41) is 3.92. The third-order valence-electron chi connectivity index (χ3n) is 2.53. The van der Waals surface area contributed by atoms with E-state index in [2.05, 4.69) is 17.1 Å². The first kappa shape index (κ1) is 13.5. The minimum atomic E-state index is -0.541. The van der Waals surface area contributed by atoms with Gasteiger partial charge >= 0.3 is 0 Å². The summed E-state index contributed by atoms with van der Waals surface area (Å²) in [4.78, 5) is 10.9. The lowest BCUT2D eigenvalue weighted by Crippen LogP contribution is -2.09. The molecule has 0 atom stereocenters. The van der Waals surface area contributed by atoms with Gasteiger partial charge in [-0.1, -0.05) is 0 Å². The van der Waals surface area contributed by atoms with Crippen molar-refractivity contribution >= 4 is 5.91 Å². The van der Waals surface area contributed by atoms with E-state index in [4.69, 9.17) is 15.2 Å². The van der Waals surface area contributed by atoms with Crippen LogP contribution in [0.3, 0.4) is 0 Å². The summed E-state index contributed by atoms with van der Waals surface area (Å²) >= 11 is 0. The minimum absolute atomic E-state index is 0.308. The van der Waals surface area contributed by atoms with E-state index in [-0.39, 0.29) is 0 Å². The second-order valence-electron chi connectivity index (χ2n) is 3.88. The van der Waals surface area contributed by atoms with Gasteiger partial charge < -0.3 is 15.2 Å². The lowest BCUT2D eigenvalue weighted by Gasteiger charge is -2.04. The maximum atomic E-state index is 10.9. The minimum Gasteiger partial charge on any atom is -0.497 e. The predicted molar refractivity (Wildman–Crippen MR) is 72.6 cm³/mol. The Labute approximate surface area is 116 Å². The second kappa shape index (κ2) is 5.80. The van der Waals surface area contributed by atoms with E-state index >= 15 is 0 Å². The zero-order valence-electron chi connectivity index (χ0n) is 11.1. The Bertz CT molecular complexity index is 673. The summed E-state index contributed by atoms with van der Waals surface area (Å²) in [7, 11) is 3.14. The van der Waals surface area contributed by atoms with Crippen molar-refractivity contribution in [3.8, 4) is 23.5 Å². The number of aromatic nitrogens is 2. The number of hydrogen-bond acceptors (Lipinski definition) is 4. The number of primary amides is 1. The molecule has 0 spiro atoms. The second-order valence-corrected chi connectivity index (χ2v) is 3.88. The molecule has 0 bridgehead atoms. The fraction of sp³-hybridized carbons (Fsp3) is 0.143. The highest BCUT2D eigenvalue weighted by molar-refractivity contribution is 5.92. The molecule has 1 aromatic heterocycles. The third-order valence-corrected chi connectivity index (χ3v) is 2.53. The summed E-state index contributed by atoms with van der Waals surface area (Å²) in [5.41, 5.74) is 6.15. The van der Waals surface area contributed by atoms with Crippen molar-refractivity contribution in [2.45, 2.75) is 0 Å². The number of rotatable bonds is 3. The smallest absolute Gasteiger partial charge is 0.251 e. The third kappa shape index (κ3) is 3.09. The Morgan fingerprint density at radius 3 is 2.40 bits per heavy atom. The number of amides is 1. The van der Waals surface area contributed by atoms with Crippen molar-refractivity contribution in [2.24, 2.45) is 5.73 Å². The molecule has 1 amide bonds. The van der Waals surface area contributed by atoms with Gasteiger partial charge in [0.1, 0.15) is 11.5 Å². The predicted octanol–water partition coefficient (Wildman–Crippen LogP) is 0.857. The number of benzene rings is 1. The molecule has 1 heterocycles. The number of carbonyl (C=O) groups excluding carboxylic acids is 1. The van der Waals surface area contributed by atoms with E-state index < -0.39 is 5.91 Å². The van der Waals surface area contributed by atoms with E-state index in [0.29, 0.717) is 22.6 Å². The van der Waals surface area contributed by atoms with Crippen LogP contribution in [0.2, 0.25) is 0 Å². The molecule has 2 aromatic rings. The van der Waals surface area contributed by atoms with Crippen LogP contribution in [-0.2, 0) is 0 Å². The SMILES string of the molecule is COc1cc(C#Cn2cc(C(N)=O)cn2)cc(OC)c1. The summed E-state index contributed by atoms with van der Waals surface area (Å²) in [6, 6.07) is 8.07. The van der Waals surface area contributed by atoms with Gasteiger partial charge in [0, 0.05) is 17.7 Å². The maximum absolute atomic E-state index is 10.9. The van der Waals surface area contributed by atoms with E-state index in [1.54, 1.807) is 32.4 Å². The van der Waals surface area contributed by atoms with Crippen LogP contribution in [0, 0.1) is 12.0 Å². The largest absolute Gasteiger partial charge is 0.497 e. The van der Waals surface area contributed by atoms with Gasteiger partial charge in [-0.05, 0) is 18.1 Å². The van der Waals surface area contributed by atoms with Gasteiger partial charge in [0.2, 0.25) is 0 Å². The molecule has 6 heteroatoms. The van der Waals surface area contributed by atoms with Gasteiger partial charge in [0.15, 0.2) is 0 Å². The lowest BCUT2D eigenvalue weighted by atomic mass is 10.2. The number of carbonyl (C=O) groups is 1. The van der Waals surface area contributed by atoms with Crippen LogP contribution in [0.15, 0.2) is 30.6 Å². The van der Waals surface area contributed by atoms with Gasteiger partial charge in [0.25, 0.3) is 5.91 Å². The van der Waals surface area contributed by atoms with E-state index in [1.807, 2.05) is 0 Å². The van der Waals surface area contributed by atoms with Gasteiger partial charge in [-0.15, -0.1) is 0 Å². The number of ether oxygens (including phenoxy) is 2. The number of methoxy groups -OCH3 is 2. The maximum Gasteiger partial charge on any atom is 0.251 e. The zero-order chi connectivity index (χ0) is 14.5. The highest BCUT2D eigenvalue weighted by Crippen LogP contribution is 2.21. The van der Waals surface area contributed by atoms with Crippen LogP contribution >= 0.6 is 0 Å². The average molecular weight is 271 g/mol. The topological polar surface area (TPSA) is 79.4 Å². The molecule has 0 saturated carbocycles. The zero-order valence-corrected chi connectivity index (χ0v) is 11.1. The van der Waals surface area contributed by atoms with Crippen molar-refractivity contribution in [1.82, 2.24) is 9.78 Å². The molecule has 1 aromatic carbocycles. The molecule has 0 aliphatic carbocycles. The average Bonchev–Trinajstić information content (AvgIpc) is 2.93. The van der Waals surface area contributed by atoms with Crippen LogP contribution in [0.5, 0.6) is 11.5 Å². The molecule has 0 radical (unpaired) electrons. The van der Waals surface area contributed by atoms with Crippen LogP contribution in [0.4, 0.5) is 0 Å². The number of hydrogen-bond donors (Lipinski definition) is 1. The van der Waals surface area contributed by atoms with Crippen molar-refractivity contribution < 1.29 is 14.3 Å². The first-order valence-electron chi connectivity index (χ1n) is 5.72. The molecule has 2 rings (SSSR count). The fourth-order valence-corrected chi connectivity index (χ4v) is 1.51. The Hall–Kier alpha value is -2.94. The Kier molecular flexibility index (Phi) is 3.91. The molecular weight excluding hydrogens is 258 g/mol. The Balaban J connectivity index is 2.29. The van der Waals surface area contributed by atoms with E-state index in [9.17, 15) is 4.79 Å². The Morgan fingerprint density at radius 1 is 1.25 bits per heavy atom. The Morgan fingerprint density at radius 2 is 1.90 bits per heavy atom. The van der Waals surface area contributed by atoms with Gasteiger partial charge in [-0.3, -0.25) is 4.79 Å². The highest BCUT2D eigenvalue weighted by atomic mass is 16.5. The molecule has 6 nitrogen and oxygen atoms in total. The van der Waals surface area contributed by atoms with Crippen molar-refractivity contribution in [2.75, 3.05) is 14.2 Å². The number of nitrogens with two attached hydrogens (primary N) is 1. The van der Waals surface area contributed by atoms with Gasteiger partial charge in [-0.25, -0.2) is 0 Å². The first-order valence-corrected chi connectivity index (χ1v) is 5.72. The molecule has 20 heavy (non-hydrogen) atoms. The summed E-state index contributed by atoms with van der Waals surface area (Å²) in [6.07, 6.45) is 2.83. The van der Waals surface area contributed by atoms with Gasteiger partial charge in [0.05, 0.1) is 32.2 Å². The highest BCUT2D eigenvalue weighted by Gasteiger charge is 2.02. The lowest BCUT2D eigenvalue weighted by molar-refractivity contribution is 0.100. The quantitative estimate of drug-likeness (QED) is 0.840. The molecule has 102 valence electrons. The van der Waals surface area contributed by atoms with E-state index in [0.717, 1.165) is 0 Å². The van der Waals surface area contributed by atoms with Crippen LogP contribution in [-0.4, -0.2) is 29.9 Å². The monoisotopic (exact) mass is 271 g/mol. The van der Waals surface area contributed by atoms with Crippen molar-refractivity contribution in [3.63, 3.8) is 0 Å². The van der Waals surface area contributed by atoms with Crippen molar-refractivity contribution in [1.29, 1.82) is 0 Å². The summed E-state index contributed by atoms with van der Waals surface area (Å²) in [5.74, 6) is 3.65. The summed E-state index contributed by atoms with van der Waals surface area (Å²) < 4.78 is 11.6.